The zero-order chi connectivity index (χ0) is 14.0. The van der Waals surface area contributed by atoms with E-state index in [0.29, 0.717) is 17.7 Å². The monoisotopic (exact) mass is 258 g/mol. The third-order valence-electron chi connectivity index (χ3n) is 3.25. The number of carbonyl (C=O) groups is 1. The lowest BCUT2D eigenvalue weighted by Gasteiger charge is -2.20. The molecule has 19 heavy (non-hydrogen) atoms. The van der Waals surface area contributed by atoms with Crippen molar-refractivity contribution in [3.05, 3.63) is 48.1 Å². The van der Waals surface area contributed by atoms with Gasteiger partial charge in [-0.1, -0.05) is 19.2 Å². The average Bonchev–Trinajstić information content (AvgIpc) is 2.37. The van der Waals surface area contributed by atoms with Gasteiger partial charge in [0.05, 0.1) is 0 Å². The Morgan fingerprint density at radius 2 is 2.21 bits per heavy atom. The van der Waals surface area contributed by atoms with Gasteiger partial charge in [0.25, 0.3) is 0 Å². The Morgan fingerprint density at radius 1 is 1.47 bits per heavy atom. The van der Waals surface area contributed by atoms with Crippen molar-refractivity contribution in [1.82, 2.24) is 0 Å². The van der Waals surface area contributed by atoms with E-state index in [2.05, 4.69) is 13.2 Å². The summed E-state index contributed by atoms with van der Waals surface area (Å²) < 4.78 is 5.38. The van der Waals surface area contributed by atoms with Crippen LogP contribution < -0.4 is 4.74 Å². The van der Waals surface area contributed by atoms with Gasteiger partial charge < -0.3 is 9.84 Å². The summed E-state index contributed by atoms with van der Waals surface area (Å²) in [6.07, 6.45) is 3.04. The standard InChI is InChI=1S/C16H18O3/c1-4-10(2)13-8-12-6-5-7-15(18)14(12)9-16(13)19-11(3)17/h4,8-9,11,17H,1-2,5-7H2,3H3. The molecule has 2 rings (SSSR count). The van der Waals surface area contributed by atoms with E-state index < -0.39 is 6.29 Å². The molecule has 0 fully saturated rings. The molecule has 1 atom stereocenters. The molecule has 0 saturated heterocycles. The Labute approximate surface area is 113 Å². The first kappa shape index (κ1) is 13.6. The average molecular weight is 258 g/mol. The van der Waals surface area contributed by atoms with E-state index in [1.54, 1.807) is 12.1 Å². The molecule has 1 aliphatic carbocycles. The number of Topliss-reactive ketones (excluding diaryl/α,β-unsaturated/α-hetero) is 1. The van der Waals surface area contributed by atoms with E-state index in [4.69, 9.17) is 4.74 Å². The van der Waals surface area contributed by atoms with Gasteiger partial charge in [-0.25, -0.2) is 0 Å². The molecule has 1 unspecified atom stereocenters. The molecule has 1 N–H and O–H groups in total. The highest BCUT2D eigenvalue weighted by Gasteiger charge is 2.21. The van der Waals surface area contributed by atoms with Crippen molar-refractivity contribution in [2.75, 3.05) is 0 Å². The highest BCUT2D eigenvalue weighted by atomic mass is 16.6. The molecule has 1 aromatic carbocycles. The highest BCUT2D eigenvalue weighted by Crippen LogP contribution is 2.33. The minimum absolute atomic E-state index is 0.132. The van der Waals surface area contributed by atoms with Gasteiger partial charge in [-0.15, -0.1) is 0 Å². The predicted molar refractivity (Wildman–Crippen MR) is 75.3 cm³/mol. The molecule has 3 heteroatoms. The van der Waals surface area contributed by atoms with Gasteiger partial charge in [-0.05, 0) is 43.0 Å². The number of hydrogen-bond donors (Lipinski definition) is 1. The molecule has 100 valence electrons. The highest BCUT2D eigenvalue weighted by molar-refractivity contribution is 5.99. The van der Waals surface area contributed by atoms with Crippen LogP contribution in [-0.2, 0) is 6.42 Å². The quantitative estimate of drug-likeness (QED) is 0.666. The first-order valence-corrected chi connectivity index (χ1v) is 6.39. The van der Waals surface area contributed by atoms with Crippen molar-refractivity contribution < 1.29 is 14.6 Å². The molecule has 3 nitrogen and oxygen atoms in total. The summed E-state index contributed by atoms with van der Waals surface area (Å²) >= 11 is 0. The number of ketones is 1. The van der Waals surface area contributed by atoms with Crippen LogP contribution in [0.3, 0.4) is 0 Å². The minimum atomic E-state index is -0.937. The van der Waals surface area contributed by atoms with Crippen molar-refractivity contribution in [2.24, 2.45) is 0 Å². The van der Waals surface area contributed by atoms with Gasteiger partial charge in [0.2, 0.25) is 0 Å². The van der Waals surface area contributed by atoms with Crippen molar-refractivity contribution in [1.29, 1.82) is 0 Å². The number of hydrogen-bond acceptors (Lipinski definition) is 3. The van der Waals surface area contributed by atoms with Gasteiger partial charge >= 0.3 is 0 Å². The number of aliphatic hydroxyl groups is 1. The van der Waals surface area contributed by atoms with Crippen LogP contribution in [0.25, 0.3) is 5.57 Å². The minimum Gasteiger partial charge on any atom is -0.465 e. The van der Waals surface area contributed by atoms with E-state index in [1.165, 1.54) is 6.92 Å². The molecule has 1 aliphatic rings. The molecule has 0 amide bonds. The van der Waals surface area contributed by atoms with Gasteiger partial charge in [0.1, 0.15) is 5.75 Å². The number of ether oxygens (including phenoxy) is 1. The third-order valence-corrected chi connectivity index (χ3v) is 3.25. The zero-order valence-corrected chi connectivity index (χ0v) is 11.1. The van der Waals surface area contributed by atoms with Crippen molar-refractivity contribution in [2.45, 2.75) is 32.5 Å². The van der Waals surface area contributed by atoms with Crippen molar-refractivity contribution in [3.8, 4) is 5.75 Å². The number of aliphatic hydroxyl groups excluding tert-OH is 1. The van der Waals surface area contributed by atoms with Crippen molar-refractivity contribution in [3.63, 3.8) is 0 Å². The molecule has 0 aromatic heterocycles. The fraction of sp³-hybridized carbons (Fsp3) is 0.312. The lowest BCUT2D eigenvalue weighted by Crippen LogP contribution is -2.15. The summed E-state index contributed by atoms with van der Waals surface area (Å²) in [5.74, 6) is 0.612. The van der Waals surface area contributed by atoms with Gasteiger partial charge in [0, 0.05) is 17.5 Å². The Bertz CT molecular complexity index is 541. The predicted octanol–water partition coefficient (Wildman–Crippen LogP) is 3.12. The Kier molecular flexibility index (Phi) is 3.86. The summed E-state index contributed by atoms with van der Waals surface area (Å²) in [4.78, 5) is 11.9. The fourth-order valence-corrected chi connectivity index (χ4v) is 2.31. The topological polar surface area (TPSA) is 46.5 Å². The second kappa shape index (κ2) is 5.41. The van der Waals surface area contributed by atoms with Crippen LogP contribution in [0, 0.1) is 0 Å². The van der Waals surface area contributed by atoms with Crippen LogP contribution in [0.5, 0.6) is 5.75 Å². The lowest BCUT2D eigenvalue weighted by atomic mass is 9.88. The second-order valence-corrected chi connectivity index (χ2v) is 4.73. The van der Waals surface area contributed by atoms with E-state index in [0.717, 1.165) is 29.5 Å². The summed E-state index contributed by atoms with van der Waals surface area (Å²) in [5, 5.41) is 9.39. The first-order valence-electron chi connectivity index (χ1n) is 6.39. The Morgan fingerprint density at radius 3 is 2.84 bits per heavy atom. The summed E-state index contributed by atoms with van der Waals surface area (Å²) in [6, 6.07) is 3.64. The number of benzene rings is 1. The molecule has 0 radical (unpaired) electrons. The van der Waals surface area contributed by atoms with E-state index in [9.17, 15) is 9.90 Å². The van der Waals surface area contributed by atoms with E-state index in [1.807, 2.05) is 6.07 Å². The Balaban J connectivity index is 2.55. The largest absolute Gasteiger partial charge is 0.465 e. The number of fused-ring (bicyclic) bond motifs is 1. The number of aryl methyl sites for hydroxylation is 1. The lowest BCUT2D eigenvalue weighted by molar-refractivity contribution is -0.000581. The number of rotatable bonds is 4. The molecule has 0 saturated carbocycles. The second-order valence-electron chi connectivity index (χ2n) is 4.73. The normalized spacial score (nSPS) is 15.6. The van der Waals surface area contributed by atoms with Crippen LogP contribution >= 0.6 is 0 Å². The van der Waals surface area contributed by atoms with Gasteiger partial charge in [0.15, 0.2) is 12.1 Å². The maximum Gasteiger partial charge on any atom is 0.194 e. The van der Waals surface area contributed by atoms with Crippen LogP contribution in [0.4, 0.5) is 0 Å². The summed E-state index contributed by atoms with van der Waals surface area (Å²) in [5.41, 5.74) is 3.22. The molecular weight excluding hydrogens is 240 g/mol. The molecule has 0 heterocycles. The molecule has 0 spiro atoms. The number of carbonyl (C=O) groups excluding carboxylic acids is 1. The van der Waals surface area contributed by atoms with E-state index in [-0.39, 0.29) is 5.78 Å². The van der Waals surface area contributed by atoms with Crippen LogP contribution in [0.1, 0.15) is 41.3 Å². The van der Waals surface area contributed by atoms with Crippen LogP contribution in [0.2, 0.25) is 0 Å². The first-order chi connectivity index (χ1) is 9.02. The zero-order valence-electron chi connectivity index (χ0n) is 11.1. The number of allylic oxidation sites excluding steroid dienone is 2. The molecule has 1 aromatic rings. The molecular formula is C16H18O3. The van der Waals surface area contributed by atoms with Crippen LogP contribution in [0.15, 0.2) is 31.4 Å². The fourth-order valence-electron chi connectivity index (χ4n) is 2.31. The SMILES string of the molecule is C=CC(=C)c1cc2c(cc1OC(C)O)C(=O)CCC2. The molecule has 0 aliphatic heterocycles. The van der Waals surface area contributed by atoms with Gasteiger partial charge in [-0.3, -0.25) is 4.79 Å². The van der Waals surface area contributed by atoms with Crippen molar-refractivity contribution >= 4 is 11.4 Å². The van der Waals surface area contributed by atoms with Gasteiger partial charge in [-0.2, -0.15) is 0 Å². The summed E-state index contributed by atoms with van der Waals surface area (Å²) in [6.45, 7) is 9.14. The maximum absolute atomic E-state index is 11.9. The van der Waals surface area contributed by atoms with E-state index >= 15 is 0 Å². The smallest absolute Gasteiger partial charge is 0.194 e. The summed E-state index contributed by atoms with van der Waals surface area (Å²) in [7, 11) is 0. The molecule has 0 bridgehead atoms. The maximum atomic E-state index is 11.9. The third kappa shape index (κ3) is 2.76. The van der Waals surface area contributed by atoms with Crippen LogP contribution in [-0.4, -0.2) is 17.2 Å². The Hall–Kier alpha value is -1.87.